The van der Waals surface area contributed by atoms with E-state index in [0.717, 1.165) is 5.56 Å². The highest BCUT2D eigenvalue weighted by atomic mass is 35.5. The lowest BCUT2D eigenvalue weighted by molar-refractivity contribution is 0.130. The van der Waals surface area contributed by atoms with E-state index in [4.69, 9.17) is 11.6 Å². The summed E-state index contributed by atoms with van der Waals surface area (Å²) >= 11 is 6.09. The quantitative estimate of drug-likeness (QED) is 0.412. The molecule has 0 spiro atoms. The van der Waals surface area contributed by atoms with Gasteiger partial charge >= 0.3 is 12.1 Å². The third kappa shape index (κ3) is 6.68. The van der Waals surface area contributed by atoms with Crippen molar-refractivity contribution in [3.8, 4) is 0 Å². The number of hydrogen-bond donors (Lipinski definition) is 3. The zero-order valence-electron chi connectivity index (χ0n) is 22.8. The van der Waals surface area contributed by atoms with Crippen LogP contribution in [0.5, 0.6) is 0 Å². The number of carbonyl (C=O) groups is 2. The van der Waals surface area contributed by atoms with Crippen molar-refractivity contribution in [1.29, 1.82) is 0 Å². The van der Waals surface area contributed by atoms with Crippen LogP contribution in [-0.2, 0) is 9.84 Å². The molecule has 2 fully saturated rings. The Bertz CT molecular complexity index is 1580. The lowest BCUT2D eigenvalue weighted by atomic mass is 9.98. The molecule has 1 atom stereocenters. The van der Waals surface area contributed by atoms with Crippen LogP contribution in [0.15, 0.2) is 59.5 Å². The van der Waals surface area contributed by atoms with Crippen LogP contribution in [0.25, 0.3) is 10.9 Å². The lowest BCUT2D eigenvalue weighted by Crippen LogP contribution is -2.54. The Morgan fingerprint density at radius 1 is 0.976 bits per heavy atom. The van der Waals surface area contributed by atoms with E-state index in [0.29, 0.717) is 73.4 Å². The number of aromatic nitrogens is 1. The van der Waals surface area contributed by atoms with Gasteiger partial charge in [-0.05, 0) is 49.4 Å². The molecule has 2 aliphatic heterocycles. The summed E-state index contributed by atoms with van der Waals surface area (Å²) < 4.78 is 23.6. The van der Waals surface area contributed by atoms with Crippen LogP contribution in [0.4, 0.5) is 9.59 Å². The first-order valence-corrected chi connectivity index (χ1v) is 16.1. The van der Waals surface area contributed by atoms with Crippen LogP contribution >= 0.6 is 11.6 Å². The molecule has 1 aromatic heterocycles. The number of rotatable bonds is 5. The largest absolute Gasteiger partial charge is 0.361 e. The zero-order valence-corrected chi connectivity index (χ0v) is 24.4. The Balaban J connectivity index is 1.21. The number of nitrogens with zero attached hydrogens (tertiary/aromatic N) is 2. The Hall–Kier alpha value is -3.57. The Morgan fingerprint density at radius 3 is 2.24 bits per heavy atom. The van der Waals surface area contributed by atoms with E-state index >= 15 is 0 Å². The molecule has 2 aliphatic rings. The molecule has 218 valence electrons. The fraction of sp³-hybridized carbons (Fsp3) is 0.414. The van der Waals surface area contributed by atoms with E-state index in [9.17, 15) is 22.8 Å². The van der Waals surface area contributed by atoms with Crippen molar-refractivity contribution in [1.82, 2.24) is 25.4 Å². The number of fused-ring (bicyclic) bond motifs is 1. The van der Waals surface area contributed by atoms with Crippen molar-refractivity contribution in [2.75, 3.05) is 32.4 Å². The number of benzene rings is 2. The number of urea groups is 2. The molecule has 1 unspecified atom stereocenters. The molecule has 0 radical (unpaired) electrons. The number of halogens is 1. The van der Waals surface area contributed by atoms with Gasteiger partial charge in [0.2, 0.25) is 0 Å². The predicted octanol–water partition coefficient (Wildman–Crippen LogP) is 3.66. The van der Waals surface area contributed by atoms with Gasteiger partial charge in [-0.25, -0.2) is 18.0 Å². The minimum Gasteiger partial charge on any atom is -0.361 e. The number of piperidine rings is 2. The Kier molecular flexibility index (Phi) is 8.55. The molecule has 3 aromatic rings. The smallest absolute Gasteiger partial charge is 0.320 e. The van der Waals surface area contributed by atoms with Gasteiger partial charge < -0.3 is 25.4 Å². The molecule has 3 heterocycles. The van der Waals surface area contributed by atoms with E-state index in [1.54, 1.807) is 34.2 Å². The molecule has 12 heteroatoms. The first-order chi connectivity index (χ1) is 19.6. The monoisotopic (exact) mass is 599 g/mol. The van der Waals surface area contributed by atoms with E-state index in [-0.39, 0.29) is 22.8 Å². The highest BCUT2D eigenvalue weighted by molar-refractivity contribution is 7.91. The van der Waals surface area contributed by atoms with Gasteiger partial charge in [0.15, 0.2) is 5.43 Å². The fourth-order valence-corrected chi connectivity index (χ4v) is 6.90. The molecule has 3 N–H and O–H groups in total. The van der Waals surface area contributed by atoms with Gasteiger partial charge in [-0.15, -0.1) is 0 Å². The van der Waals surface area contributed by atoms with E-state index in [1.165, 1.54) is 6.26 Å². The summed E-state index contributed by atoms with van der Waals surface area (Å²) in [6.07, 6.45) is 4.96. The van der Waals surface area contributed by atoms with Gasteiger partial charge in [-0.1, -0.05) is 41.9 Å². The van der Waals surface area contributed by atoms with Gasteiger partial charge in [0, 0.05) is 60.6 Å². The molecule has 2 aromatic carbocycles. The number of sulfone groups is 1. The molecule has 5 rings (SSSR count). The van der Waals surface area contributed by atoms with Crippen molar-refractivity contribution in [2.45, 2.75) is 43.0 Å². The number of carbonyl (C=O) groups excluding carboxylic acids is 2. The fourth-order valence-electron chi connectivity index (χ4n) is 5.66. The van der Waals surface area contributed by atoms with Crippen molar-refractivity contribution in [3.63, 3.8) is 0 Å². The number of amides is 4. The van der Waals surface area contributed by atoms with Gasteiger partial charge in [0.1, 0.15) is 9.84 Å². The maximum absolute atomic E-state index is 13.4. The Morgan fingerprint density at radius 2 is 1.61 bits per heavy atom. The van der Waals surface area contributed by atoms with Crippen LogP contribution in [0.3, 0.4) is 0 Å². The molecule has 2 saturated heterocycles. The second-order valence-corrected chi connectivity index (χ2v) is 13.5. The third-order valence-electron chi connectivity index (χ3n) is 8.01. The number of nitrogens with one attached hydrogen (secondary N) is 3. The number of pyridine rings is 1. The summed E-state index contributed by atoms with van der Waals surface area (Å²) in [6, 6.07) is 13.0. The zero-order chi connectivity index (χ0) is 29.1. The lowest BCUT2D eigenvalue weighted by Gasteiger charge is -2.38. The second kappa shape index (κ2) is 12.1. The van der Waals surface area contributed by atoms with Crippen LogP contribution in [0, 0.1) is 0 Å². The van der Waals surface area contributed by atoms with Crippen molar-refractivity contribution in [3.05, 3.63) is 81.1 Å². The van der Waals surface area contributed by atoms with Gasteiger partial charge in [-0.3, -0.25) is 4.79 Å². The number of hydrogen-bond acceptors (Lipinski definition) is 5. The summed E-state index contributed by atoms with van der Waals surface area (Å²) in [5.74, 6) is 0. The standard InChI is InChI=1S/C29H34ClN5O5S/c1-41(39,40)22-11-15-35(16-12-22)29(38)34-13-9-21(10-14-34)32-28(37)33-26(19-5-3-2-4-6-19)24-18-31-25-17-20(30)7-8-23(25)27(24)36/h2-8,17-18,21-22,26H,9-16H2,1H3,(H,31,36)(H2,32,33,37). The molecule has 10 nitrogen and oxygen atoms in total. The van der Waals surface area contributed by atoms with Crippen LogP contribution < -0.4 is 16.1 Å². The molecule has 0 saturated carbocycles. The normalized spacial score (nSPS) is 17.8. The maximum atomic E-state index is 13.4. The highest BCUT2D eigenvalue weighted by Crippen LogP contribution is 2.23. The molecule has 0 bridgehead atoms. The van der Waals surface area contributed by atoms with Crippen LogP contribution in [-0.4, -0.2) is 79.0 Å². The summed E-state index contributed by atoms with van der Waals surface area (Å²) in [5, 5.41) is 6.61. The minimum absolute atomic E-state index is 0.0826. The summed E-state index contributed by atoms with van der Waals surface area (Å²) in [6.45, 7) is 1.84. The van der Waals surface area contributed by atoms with Gasteiger partial charge in [0.25, 0.3) is 0 Å². The molecule has 41 heavy (non-hydrogen) atoms. The molecular weight excluding hydrogens is 566 g/mol. The summed E-state index contributed by atoms with van der Waals surface area (Å²) in [4.78, 5) is 46.2. The number of likely N-dealkylation sites (tertiary alicyclic amines) is 2. The van der Waals surface area contributed by atoms with Crippen molar-refractivity contribution < 1.29 is 18.0 Å². The number of aromatic amines is 1. The Labute approximate surface area is 244 Å². The second-order valence-electron chi connectivity index (χ2n) is 10.8. The SMILES string of the molecule is CS(=O)(=O)C1CCN(C(=O)N2CCC(NC(=O)NC(c3ccccc3)c3c[nH]c4cc(Cl)ccc4c3=O)CC2)CC1. The minimum atomic E-state index is -3.10. The first kappa shape index (κ1) is 28.9. The summed E-state index contributed by atoms with van der Waals surface area (Å²) in [7, 11) is -3.10. The average molecular weight is 600 g/mol. The topological polar surface area (TPSA) is 132 Å². The van der Waals surface area contributed by atoms with Crippen LogP contribution in [0.1, 0.15) is 42.9 Å². The molecular formula is C29H34ClN5O5S. The molecule has 4 amide bonds. The van der Waals surface area contributed by atoms with E-state index in [1.807, 2.05) is 30.3 Å². The predicted molar refractivity (Wildman–Crippen MR) is 159 cm³/mol. The van der Waals surface area contributed by atoms with Gasteiger partial charge in [-0.2, -0.15) is 0 Å². The van der Waals surface area contributed by atoms with Crippen molar-refractivity contribution in [2.24, 2.45) is 0 Å². The first-order valence-electron chi connectivity index (χ1n) is 13.8. The number of H-pyrrole nitrogens is 1. The van der Waals surface area contributed by atoms with Crippen molar-refractivity contribution >= 4 is 44.4 Å². The van der Waals surface area contributed by atoms with Crippen LogP contribution in [0.2, 0.25) is 5.02 Å². The molecule has 0 aliphatic carbocycles. The highest BCUT2D eigenvalue weighted by Gasteiger charge is 2.32. The van der Waals surface area contributed by atoms with E-state index in [2.05, 4.69) is 15.6 Å². The van der Waals surface area contributed by atoms with Gasteiger partial charge in [0.05, 0.1) is 16.8 Å². The third-order valence-corrected chi connectivity index (χ3v) is 9.93. The van der Waals surface area contributed by atoms with E-state index < -0.39 is 21.9 Å². The average Bonchev–Trinajstić information content (AvgIpc) is 2.96. The maximum Gasteiger partial charge on any atom is 0.320 e. The summed E-state index contributed by atoms with van der Waals surface area (Å²) in [5.41, 5.74) is 1.59.